The summed E-state index contributed by atoms with van der Waals surface area (Å²) in [6.07, 6.45) is 1.40. The molecule has 0 amide bonds. The molecule has 0 saturated carbocycles. The van der Waals surface area contributed by atoms with Gasteiger partial charge in [-0.3, -0.25) is 0 Å². The standard InChI is InChI=1S/C7H12ClN3O2S/c1-2-14(12,13)4-3-11-7(9)6(8)5-10-11/h5H,2-4,9H2,1H3. The first-order valence-electron chi connectivity index (χ1n) is 4.13. The molecule has 80 valence electrons. The van der Waals surface area contributed by atoms with Crippen molar-refractivity contribution in [3.8, 4) is 0 Å². The van der Waals surface area contributed by atoms with Crippen LogP contribution in [0.1, 0.15) is 6.92 Å². The van der Waals surface area contributed by atoms with E-state index in [0.29, 0.717) is 10.8 Å². The molecule has 1 rings (SSSR count). The number of nitrogens with two attached hydrogens (primary N) is 1. The van der Waals surface area contributed by atoms with E-state index in [4.69, 9.17) is 17.3 Å². The SMILES string of the molecule is CCS(=O)(=O)CCn1ncc(Cl)c1N. The highest BCUT2D eigenvalue weighted by Gasteiger charge is 2.10. The first-order valence-corrected chi connectivity index (χ1v) is 6.33. The molecule has 0 aliphatic carbocycles. The molecule has 0 aliphatic rings. The van der Waals surface area contributed by atoms with E-state index in [1.165, 1.54) is 10.9 Å². The van der Waals surface area contributed by atoms with Gasteiger partial charge in [-0.2, -0.15) is 5.10 Å². The van der Waals surface area contributed by atoms with Crippen molar-refractivity contribution >= 4 is 27.3 Å². The van der Waals surface area contributed by atoms with Gasteiger partial charge < -0.3 is 5.73 Å². The lowest BCUT2D eigenvalue weighted by atomic mass is 10.6. The Hall–Kier alpha value is -0.750. The topological polar surface area (TPSA) is 78.0 Å². The normalized spacial score (nSPS) is 11.9. The highest BCUT2D eigenvalue weighted by atomic mass is 35.5. The summed E-state index contributed by atoms with van der Waals surface area (Å²) < 4.78 is 23.7. The molecule has 7 heteroatoms. The van der Waals surface area contributed by atoms with Gasteiger partial charge in [0.1, 0.15) is 10.8 Å². The lowest BCUT2D eigenvalue weighted by molar-refractivity contribution is 0.583. The number of nitrogens with zero attached hydrogens (tertiary/aromatic N) is 2. The van der Waals surface area contributed by atoms with E-state index in [9.17, 15) is 8.42 Å². The maximum atomic E-state index is 11.2. The Morgan fingerprint density at radius 2 is 2.29 bits per heavy atom. The molecular formula is C7H12ClN3O2S. The van der Waals surface area contributed by atoms with Crippen molar-refractivity contribution in [1.82, 2.24) is 9.78 Å². The van der Waals surface area contributed by atoms with Crippen molar-refractivity contribution in [3.63, 3.8) is 0 Å². The Morgan fingerprint density at radius 3 is 2.71 bits per heavy atom. The molecule has 0 aliphatic heterocycles. The third kappa shape index (κ3) is 2.62. The summed E-state index contributed by atoms with van der Waals surface area (Å²) in [6, 6.07) is 0. The van der Waals surface area contributed by atoms with Crippen LogP contribution in [0.25, 0.3) is 0 Å². The fourth-order valence-electron chi connectivity index (χ4n) is 0.920. The lowest BCUT2D eigenvalue weighted by Gasteiger charge is -2.03. The number of anilines is 1. The number of hydrogen-bond acceptors (Lipinski definition) is 4. The van der Waals surface area contributed by atoms with Gasteiger partial charge >= 0.3 is 0 Å². The summed E-state index contributed by atoms with van der Waals surface area (Å²) in [6.45, 7) is 1.85. The Bertz CT molecular complexity index is 413. The van der Waals surface area contributed by atoms with Crippen LogP contribution in [0.4, 0.5) is 5.82 Å². The van der Waals surface area contributed by atoms with E-state index >= 15 is 0 Å². The van der Waals surface area contributed by atoms with Gasteiger partial charge in [0.2, 0.25) is 0 Å². The Balaban J connectivity index is 2.68. The van der Waals surface area contributed by atoms with Gasteiger partial charge in [0.25, 0.3) is 0 Å². The van der Waals surface area contributed by atoms with Crippen LogP contribution in [-0.2, 0) is 16.4 Å². The summed E-state index contributed by atoms with van der Waals surface area (Å²) >= 11 is 5.66. The minimum absolute atomic E-state index is 0.0334. The van der Waals surface area contributed by atoms with Crippen LogP contribution in [-0.4, -0.2) is 29.7 Å². The Morgan fingerprint density at radius 1 is 1.64 bits per heavy atom. The van der Waals surface area contributed by atoms with Gasteiger partial charge in [-0.15, -0.1) is 0 Å². The molecule has 0 unspecified atom stereocenters. The monoisotopic (exact) mass is 237 g/mol. The Kier molecular flexibility index (Phi) is 3.38. The van der Waals surface area contributed by atoms with Crippen molar-refractivity contribution in [3.05, 3.63) is 11.2 Å². The van der Waals surface area contributed by atoms with Crippen LogP contribution >= 0.6 is 11.6 Å². The number of aryl methyl sites for hydroxylation is 1. The van der Waals surface area contributed by atoms with E-state index in [1.54, 1.807) is 6.92 Å². The fourth-order valence-corrected chi connectivity index (χ4v) is 1.80. The predicted molar refractivity (Wildman–Crippen MR) is 56.0 cm³/mol. The zero-order valence-corrected chi connectivity index (χ0v) is 9.35. The van der Waals surface area contributed by atoms with Gasteiger partial charge in [-0.1, -0.05) is 18.5 Å². The number of halogens is 1. The molecule has 0 saturated heterocycles. The fraction of sp³-hybridized carbons (Fsp3) is 0.571. The number of sulfone groups is 1. The van der Waals surface area contributed by atoms with E-state index in [2.05, 4.69) is 5.10 Å². The minimum atomic E-state index is -2.98. The van der Waals surface area contributed by atoms with Crippen LogP contribution in [0.5, 0.6) is 0 Å². The molecule has 1 aromatic heterocycles. The minimum Gasteiger partial charge on any atom is -0.383 e. The van der Waals surface area contributed by atoms with Crippen LogP contribution in [0, 0.1) is 0 Å². The van der Waals surface area contributed by atoms with Crippen molar-refractivity contribution < 1.29 is 8.42 Å². The molecule has 14 heavy (non-hydrogen) atoms. The van der Waals surface area contributed by atoms with Gasteiger partial charge in [0.05, 0.1) is 18.5 Å². The van der Waals surface area contributed by atoms with E-state index in [0.717, 1.165) is 0 Å². The summed E-state index contributed by atoms with van der Waals surface area (Å²) in [7, 11) is -2.98. The largest absolute Gasteiger partial charge is 0.383 e. The second-order valence-corrected chi connectivity index (χ2v) is 5.72. The van der Waals surface area contributed by atoms with Gasteiger partial charge in [0.15, 0.2) is 9.84 Å². The highest BCUT2D eigenvalue weighted by molar-refractivity contribution is 7.91. The zero-order valence-electron chi connectivity index (χ0n) is 7.77. The molecule has 0 atom stereocenters. The van der Waals surface area contributed by atoms with E-state index < -0.39 is 9.84 Å². The highest BCUT2D eigenvalue weighted by Crippen LogP contribution is 2.16. The van der Waals surface area contributed by atoms with Crippen LogP contribution in [0.3, 0.4) is 0 Å². The second kappa shape index (κ2) is 4.18. The summed E-state index contributed by atoms with van der Waals surface area (Å²) in [4.78, 5) is 0. The van der Waals surface area contributed by atoms with Gasteiger partial charge in [-0.25, -0.2) is 13.1 Å². The summed E-state index contributed by atoms with van der Waals surface area (Å²) in [5, 5.41) is 4.19. The predicted octanol–water partition coefficient (Wildman–Crippen LogP) is 0.553. The van der Waals surface area contributed by atoms with Crippen LogP contribution in [0.2, 0.25) is 5.02 Å². The van der Waals surface area contributed by atoms with Crippen molar-refractivity contribution in [1.29, 1.82) is 0 Å². The summed E-state index contributed by atoms with van der Waals surface area (Å²) in [5.41, 5.74) is 5.55. The molecular weight excluding hydrogens is 226 g/mol. The molecule has 1 aromatic rings. The first kappa shape index (κ1) is 11.3. The lowest BCUT2D eigenvalue weighted by Crippen LogP contribution is -2.16. The molecule has 0 fully saturated rings. The summed E-state index contributed by atoms with van der Waals surface area (Å²) in [5.74, 6) is 0.464. The molecule has 0 aromatic carbocycles. The zero-order chi connectivity index (χ0) is 10.8. The van der Waals surface area contributed by atoms with Gasteiger partial charge in [0, 0.05) is 5.75 Å². The van der Waals surface area contributed by atoms with Gasteiger partial charge in [-0.05, 0) is 0 Å². The molecule has 5 nitrogen and oxygen atoms in total. The quantitative estimate of drug-likeness (QED) is 0.830. The van der Waals surface area contributed by atoms with Crippen molar-refractivity contribution in [2.75, 3.05) is 17.2 Å². The van der Waals surface area contributed by atoms with E-state index in [1.807, 2.05) is 0 Å². The molecule has 0 bridgehead atoms. The Labute approximate surface area is 87.8 Å². The molecule has 0 spiro atoms. The van der Waals surface area contributed by atoms with Crippen molar-refractivity contribution in [2.24, 2.45) is 0 Å². The molecule has 2 N–H and O–H groups in total. The number of aromatic nitrogens is 2. The first-order chi connectivity index (χ1) is 6.46. The third-order valence-corrected chi connectivity index (χ3v) is 3.86. The number of rotatable bonds is 4. The van der Waals surface area contributed by atoms with Crippen LogP contribution < -0.4 is 5.73 Å². The maximum absolute atomic E-state index is 11.2. The second-order valence-electron chi connectivity index (χ2n) is 2.84. The number of nitrogen functional groups attached to an aromatic ring is 1. The maximum Gasteiger partial charge on any atom is 0.151 e. The number of hydrogen-bond donors (Lipinski definition) is 1. The van der Waals surface area contributed by atoms with Crippen LogP contribution in [0.15, 0.2) is 6.20 Å². The molecule has 0 radical (unpaired) electrons. The molecule has 1 heterocycles. The average molecular weight is 238 g/mol. The third-order valence-electron chi connectivity index (χ3n) is 1.89. The van der Waals surface area contributed by atoms with Crippen molar-refractivity contribution in [2.45, 2.75) is 13.5 Å². The smallest absolute Gasteiger partial charge is 0.151 e. The van der Waals surface area contributed by atoms with E-state index in [-0.39, 0.29) is 18.1 Å². The average Bonchev–Trinajstić information content (AvgIpc) is 2.45.